The van der Waals surface area contributed by atoms with Crippen LogP contribution in [0.5, 0.6) is 0 Å². The molecule has 4 heterocycles. The van der Waals surface area contributed by atoms with Gasteiger partial charge in [0.25, 0.3) is 0 Å². The van der Waals surface area contributed by atoms with E-state index in [1.165, 1.54) is 43.2 Å². The third-order valence-corrected chi connectivity index (χ3v) is 14.5. The van der Waals surface area contributed by atoms with E-state index in [0.29, 0.717) is 0 Å². The smallest absolute Gasteiger partial charge is 0.184 e. The van der Waals surface area contributed by atoms with Gasteiger partial charge in [-0.05, 0) is 89.2 Å². The molecule has 0 fully saturated rings. The molecule has 8 aromatic rings. The Morgan fingerprint density at radius 3 is 1.79 bits per heavy atom. The minimum atomic E-state index is -2.72. The van der Waals surface area contributed by atoms with Crippen LogP contribution in [0, 0.1) is 13.8 Å². The van der Waals surface area contributed by atoms with Gasteiger partial charge in [0.1, 0.15) is 0 Å². The van der Waals surface area contributed by atoms with Crippen molar-refractivity contribution in [1.29, 1.82) is 0 Å². The first-order valence-corrected chi connectivity index (χ1v) is 18.1. The Bertz CT molecular complexity index is 2340. The summed E-state index contributed by atoms with van der Waals surface area (Å²) in [5, 5.41) is 6.71. The normalized spacial score (nSPS) is 13.4. The predicted octanol–water partition coefficient (Wildman–Crippen LogP) is 7.35. The first-order valence-electron chi connectivity index (χ1n) is 16.1. The van der Waals surface area contributed by atoms with Crippen molar-refractivity contribution >= 4 is 67.8 Å². The Balaban J connectivity index is 1.39. The molecule has 0 aliphatic carbocycles. The lowest BCUT2D eigenvalue weighted by Gasteiger charge is -2.45. The number of nitrogens with zero attached hydrogens (tertiary/aromatic N) is 4. The van der Waals surface area contributed by atoms with Gasteiger partial charge >= 0.3 is 0 Å². The van der Waals surface area contributed by atoms with Crippen molar-refractivity contribution in [3.8, 4) is 5.69 Å². The molecule has 4 nitrogen and oxygen atoms in total. The molecule has 5 heteroatoms. The summed E-state index contributed by atoms with van der Waals surface area (Å²) in [4.78, 5) is 11.8. The van der Waals surface area contributed by atoms with Crippen LogP contribution in [0.2, 0.25) is 0 Å². The van der Waals surface area contributed by atoms with E-state index in [2.05, 4.69) is 156 Å². The number of hydrogen-bond acceptors (Lipinski definition) is 3. The summed E-state index contributed by atoms with van der Waals surface area (Å²) in [6.45, 7) is 4.44. The standard InChI is InChI=1S/C42H32N4Si/c1-29-17-21-36-40(25-29)47(33-12-5-3-6-13-33,34-14-7-4-8-15-34)41-26-30(2)18-22-37(41)45(36)31-19-20-35-39(27-31)46(32-11-9-23-43-28-32)38-16-10-24-44-42(35)38/h3-28H,1-2H3. The van der Waals surface area contributed by atoms with Gasteiger partial charge in [0.15, 0.2) is 8.07 Å². The molecule has 0 atom stereocenters. The highest BCUT2D eigenvalue weighted by Gasteiger charge is 2.49. The van der Waals surface area contributed by atoms with E-state index in [9.17, 15) is 0 Å². The van der Waals surface area contributed by atoms with E-state index < -0.39 is 8.07 Å². The van der Waals surface area contributed by atoms with Crippen LogP contribution in [-0.4, -0.2) is 22.6 Å². The first kappa shape index (κ1) is 27.5. The van der Waals surface area contributed by atoms with Gasteiger partial charge in [-0.1, -0.05) is 96.1 Å². The minimum Gasteiger partial charge on any atom is -0.311 e. The second-order valence-electron chi connectivity index (χ2n) is 12.5. The molecule has 5 aromatic carbocycles. The summed E-state index contributed by atoms with van der Waals surface area (Å²) < 4.78 is 2.29. The Hall–Kier alpha value is -5.78. The zero-order valence-corrected chi connectivity index (χ0v) is 27.3. The Labute approximate surface area is 275 Å². The minimum absolute atomic E-state index is 0.989. The van der Waals surface area contributed by atoms with E-state index in [1.807, 2.05) is 30.7 Å². The molecule has 0 saturated carbocycles. The third-order valence-electron chi connectivity index (χ3n) is 9.67. The molecule has 0 bridgehead atoms. The van der Waals surface area contributed by atoms with Gasteiger partial charge in [-0.15, -0.1) is 0 Å². The van der Waals surface area contributed by atoms with E-state index in [4.69, 9.17) is 4.98 Å². The maximum Gasteiger partial charge on any atom is 0.184 e. The zero-order chi connectivity index (χ0) is 31.5. The van der Waals surface area contributed by atoms with Crippen molar-refractivity contribution in [2.24, 2.45) is 0 Å². The van der Waals surface area contributed by atoms with Gasteiger partial charge < -0.3 is 9.47 Å². The monoisotopic (exact) mass is 620 g/mol. The quantitative estimate of drug-likeness (QED) is 0.193. The summed E-state index contributed by atoms with van der Waals surface area (Å²) in [7, 11) is -2.72. The van der Waals surface area contributed by atoms with E-state index >= 15 is 0 Å². The average Bonchev–Trinajstić information content (AvgIpc) is 3.45. The number of anilines is 3. The summed E-state index contributed by atoms with van der Waals surface area (Å²) in [6, 6.07) is 51.6. The van der Waals surface area contributed by atoms with Crippen molar-refractivity contribution in [2.45, 2.75) is 13.8 Å². The molecule has 0 saturated heterocycles. The zero-order valence-electron chi connectivity index (χ0n) is 26.3. The molecule has 0 spiro atoms. The van der Waals surface area contributed by atoms with Crippen LogP contribution in [0.3, 0.4) is 0 Å². The van der Waals surface area contributed by atoms with Crippen molar-refractivity contribution < 1.29 is 0 Å². The number of rotatable bonds is 4. The molecule has 47 heavy (non-hydrogen) atoms. The van der Waals surface area contributed by atoms with Crippen LogP contribution in [0.1, 0.15) is 11.1 Å². The molecule has 0 unspecified atom stereocenters. The average molecular weight is 621 g/mol. The highest BCUT2D eigenvalue weighted by atomic mass is 28.3. The Kier molecular flexibility index (Phi) is 6.23. The van der Waals surface area contributed by atoms with Gasteiger partial charge in [-0.3, -0.25) is 9.97 Å². The lowest BCUT2D eigenvalue weighted by Crippen LogP contribution is -2.77. The van der Waals surface area contributed by atoms with E-state index in [-0.39, 0.29) is 0 Å². The summed E-state index contributed by atoms with van der Waals surface area (Å²) in [5.41, 5.74) is 10.3. The van der Waals surface area contributed by atoms with Gasteiger partial charge in [0.05, 0.1) is 28.4 Å². The van der Waals surface area contributed by atoms with Crippen LogP contribution in [-0.2, 0) is 0 Å². The predicted molar refractivity (Wildman–Crippen MR) is 198 cm³/mol. The van der Waals surface area contributed by atoms with Crippen molar-refractivity contribution in [1.82, 2.24) is 14.5 Å². The Morgan fingerprint density at radius 2 is 1.17 bits per heavy atom. The number of pyridine rings is 2. The lowest BCUT2D eigenvalue weighted by molar-refractivity contribution is 1.14. The summed E-state index contributed by atoms with van der Waals surface area (Å²) in [5.74, 6) is 0. The van der Waals surface area contributed by atoms with Crippen LogP contribution in [0.15, 0.2) is 158 Å². The second kappa shape index (κ2) is 10.6. The number of hydrogen-bond donors (Lipinski definition) is 0. The topological polar surface area (TPSA) is 34.0 Å². The van der Waals surface area contributed by atoms with Crippen molar-refractivity contribution in [3.05, 3.63) is 169 Å². The largest absolute Gasteiger partial charge is 0.311 e. The highest BCUT2D eigenvalue weighted by Crippen LogP contribution is 2.41. The maximum absolute atomic E-state index is 4.83. The molecule has 0 radical (unpaired) electrons. The fourth-order valence-corrected chi connectivity index (χ4v) is 13.0. The van der Waals surface area contributed by atoms with Crippen LogP contribution < -0.4 is 25.6 Å². The van der Waals surface area contributed by atoms with Crippen molar-refractivity contribution in [3.63, 3.8) is 0 Å². The highest BCUT2D eigenvalue weighted by molar-refractivity contribution is 7.21. The van der Waals surface area contributed by atoms with Gasteiger partial charge in [0.2, 0.25) is 0 Å². The van der Waals surface area contributed by atoms with Gasteiger partial charge in [-0.25, -0.2) is 0 Å². The second-order valence-corrected chi connectivity index (χ2v) is 16.2. The number of aryl methyl sites for hydroxylation is 2. The van der Waals surface area contributed by atoms with Gasteiger partial charge in [0, 0.05) is 34.8 Å². The summed E-state index contributed by atoms with van der Waals surface area (Å²) in [6.07, 6.45) is 5.62. The van der Waals surface area contributed by atoms with E-state index in [1.54, 1.807) is 0 Å². The SMILES string of the molecule is Cc1ccc2c(c1)[Si](c1ccccc1)(c1ccccc1)c1cc(C)ccc1N2c1ccc2c3ncccc3n(-c3cccnc3)c2c1. The number of fused-ring (bicyclic) bond motifs is 5. The molecule has 0 amide bonds. The maximum atomic E-state index is 4.83. The molecular weight excluding hydrogens is 589 g/mol. The molecule has 224 valence electrons. The fraction of sp³-hybridized carbons (Fsp3) is 0.0476. The fourth-order valence-electron chi connectivity index (χ4n) is 7.73. The van der Waals surface area contributed by atoms with Crippen molar-refractivity contribution in [2.75, 3.05) is 4.90 Å². The molecule has 3 aromatic heterocycles. The van der Waals surface area contributed by atoms with E-state index in [0.717, 1.165) is 33.3 Å². The Morgan fingerprint density at radius 1 is 0.532 bits per heavy atom. The molecular formula is C42H32N4Si. The number of aromatic nitrogens is 3. The van der Waals surface area contributed by atoms with Crippen LogP contribution >= 0.6 is 0 Å². The lowest BCUT2D eigenvalue weighted by atomic mass is 10.1. The van der Waals surface area contributed by atoms with Gasteiger partial charge in [-0.2, -0.15) is 0 Å². The summed E-state index contributed by atoms with van der Waals surface area (Å²) >= 11 is 0. The molecule has 9 rings (SSSR count). The number of benzene rings is 5. The molecule has 0 N–H and O–H groups in total. The van der Waals surface area contributed by atoms with Crippen LogP contribution in [0.4, 0.5) is 17.1 Å². The van der Waals surface area contributed by atoms with Crippen LogP contribution in [0.25, 0.3) is 27.6 Å². The molecule has 1 aliphatic heterocycles. The first-order chi connectivity index (χ1) is 23.1. The molecule has 1 aliphatic rings. The third kappa shape index (κ3) is 4.06.